The molecule has 19 heavy (non-hydrogen) atoms. The highest BCUT2D eigenvalue weighted by molar-refractivity contribution is 7.09. The molecular weight excluding hydrogens is 256 g/mol. The van der Waals surface area contributed by atoms with Gasteiger partial charge < -0.3 is 10.1 Å². The molecule has 1 aromatic carbocycles. The first kappa shape index (κ1) is 14.2. The quantitative estimate of drug-likeness (QED) is 0.751. The Balaban J connectivity index is 1.71. The predicted molar refractivity (Wildman–Crippen MR) is 79.0 cm³/mol. The van der Waals surface area contributed by atoms with Gasteiger partial charge in [0.1, 0.15) is 5.01 Å². The SMILES string of the molecule is CCCNCc1nc(COCc2ccccc2)cs1. The zero-order valence-corrected chi connectivity index (χ0v) is 12.1. The molecular formula is C15H20N2OS. The zero-order chi connectivity index (χ0) is 13.3. The third-order valence-corrected chi connectivity index (χ3v) is 3.56. The molecule has 0 bridgehead atoms. The van der Waals surface area contributed by atoms with Crippen molar-refractivity contribution in [2.45, 2.75) is 33.1 Å². The minimum Gasteiger partial charge on any atom is -0.370 e. The number of thiazole rings is 1. The number of aromatic nitrogens is 1. The Morgan fingerprint density at radius 2 is 2.05 bits per heavy atom. The average molecular weight is 276 g/mol. The van der Waals surface area contributed by atoms with Gasteiger partial charge in [0, 0.05) is 11.9 Å². The molecule has 2 aromatic rings. The third kappa shape index (κ3) is 5.11. The molecule has 0 aliphatic heterocycles. The molecule has 0 aliphatic carbocycles. The van der Waals surface area contributed by atoms with Crippen LogP contribution in [0.2, 0.25) is 0 Å². The lowest BCUT2D eigenvalue weighted by molar-refractivity contribution is 0.105. The zero-order valence-electron chi connectivity index (χ0n) is 11.3. The van der Waals surface area contributed by atoms with E-state index in [4.69, 9.17) is 4.74 Å². The number of hydrogen-bond donors (Lipinski definition) is 1. The Labute approximate surface area is 118 Å². The lowest BCUT2D eigenvalue weighted by atomic mass is 10.2. The van der Waals surface area contributed by atoms with Gasteiger partial charge in [-0.25, -0.2) is 4.98 Å². The first-order chi connectivity index (χ1) is 9.38. The van der Waals surface area contributed by atoms with Gasteiger partial charge in [-0.3, -0.25) is 0 Å². The van der Waals surface area contributed by atoms with Crippen molar-refractivity contribution in [3.8, 4) is 0 Å². The second kappa shape index (κ2) is 8.04. The van der Waals surface area contributed by atoms with Gasteiger partial charge in [0.25, 0.3) is 0 Å². The van der Waals surface area contributed by atoms with Crippen molar-refractivity contribution in [1.29, 1.82) is 0 Å². The summed E-state index contributed by atoms with van der Waals surface area (Å²) in [6, 6.07) is 10.2. The van der Waals surface area contributed by atoms with Crippen molar-refractivity contribution >= 4 is 11.3 Å². The minimum atomic E-state index is 0.583. The standard InChI is InChI=1S/C15H20N2OS/c1-2-8-16-9-15-17-14(12-19-15)11-18-10-13-6-4-3-5-7-13/h3-7,12,16H,2,8-11H2,1H3. The maximum atomic E-state index is 5.67. The van der Waals surface area contributed by atoms with E-state index >= 15 is 0 Å². The molecule has 0 aliphatic rings. The van der Waals surface area contributed by atoms with Crippen molar-refractivity contribution in [3.63, 3.8) is 0 Å². The lowest BCUT2D eigenvalue weighted by Crippen LogP contribution is -2.13. The van der Waals surface area contributed by atoms with Crippen LogP contribution in [-0.4, -0.2) is 11.5 Å². The summed E-state index contributed by atoms with van der Waals surface area (Å²) in [6.07, 6.45) is 1.15. The van der Waals surface area contributed by atoms with Crippen LogP contribution >= 0.6 is 11.3 Å². The summed E-state index contributed by atoms with van der Waals surface area (Å²) in [5.41, 5.74) is 2.22. The second-order valence-electron chi connectivity index (χ2n) is 4.39. The fourth-order valence-corrected chi connectivity index (χ4v) is 2.46. The van der Waals surface area contributed by atoms with Crippen LogP contribution in [0.25, 0.3) is 0 Å². The molecule has 0 saturated carbocycles. The maximum absolute atomic E-state index is 5.67. The fraction of sp³-hybridized carbons (Fsp3) is 0.400. The van der Waals surface area contributed by atoms with E-state index in [0.29, 0.717) is 13.2 Å². The van der Waals surface area contributed by atoms with Gasteiger partial charge in [0.05, 0.1) is 18.9 Å². The van der Waals surface area contributed by atoms with E-state index in [1.165, 1.54) is 5.56 Å². The second-order valence-corrected chi connectivity index (χ2v) is 5.33. The molecule has 2 rings (SSSR count). The summed E-state index contributed by atoms with van der Waals surface area (Å²) >= 11 is 1.69. The van der Waals surface area contributed by atoms with Crippen LogP contribution in [0.5, 0.6) is 0 Å². The monoisotopic (exact) mass is 276 g/mol. The maximum Gasteiger partial charge on any atom is 0.107 e. The smallest absolute Gasteiger partial charge is 0.107 e. The Bertz CT molecular complexity index is 470. The van der Waals surface area contributed by atoms with Gasteiger partial charge in [-0.05, 0) is 18.5 Å². The largest absolute Gasteiger partial charge is 0.370 e. The van der Waals surface area contributed by atoms with E-state index in [1.54, 1.807) is 11.3 Å². The molecule has 0 fully saturated rings. The van der Waals surface area contributed by atoms with Crippen molar-refractivity contribution in [3.05, 3.63) is 52.0 Å². The number of nitrogens with zero attached hydrogens (tertiary/aromatic N) is 1. The van der Waals surface area contributed by atoms with Crippen LogP contribution in [-0.2, 0) is 24.5 Å². The number of benzene rings is 1. The summed E-state index contributed by atoms with van der Waals surface area (Å²) in [6.45, 7) is 5.29. The summed E-state index contributed by atoms with van der Waals surface area (Å²) < 4.78 is 5.67. The molecule has 1 aromatic heterocycles. The number of rotatable bonds is 8. The van der Waals surface area contributed by atoms with E-state index in [-0.39, 0.29) is 0 Å². The number of hydrogen-bond acceptors (Lipinski definition) is 4. The van der Waals surface area contributed by atoms with Gasteiger partial charge in [0.2, 0.25) is 0 Å². The van der Waals surface area contributed by atoms with E-state index < -0.39 is 0 Å². The van der Waals surface area contributed by atoms with Gasteiger partial charge in [-0.1, -0.05) is 37.3 Å². The van der Waals surface area contributed by atoms with Crippen molar-refractivity contribution in [1.82, 2.24) is 10.3 Å². The summed E-state index contributed by atoms with van der Waals surface area (Å²) in [5, 5.41) is 6.56. The molecule has 3 nitrogen and oxygen atoms in total. The van der Waals surface area contributed by atoms with Crippen molar-refractivity contribution < 1.29 is 4.74 Å². The van der Waals surface area contributed by atoms with Crippen LogP contribution < -0.4 is 5.32 Å². The van der Waals surface area contributed by atoms with E-state index in [2.05, 4.69) is 34.7 Å². The van der Waals surface area contributed by atoms with Crippen LogP contribution in [0.4, 0.5) is 0 Å². The topological polar surface area (TPSA) is 34.2 Å². The molecule has 0 amide bonds. The molecule has 1 heterocycles. The number of ether oxygens (including phenoxy) is 1. The Kier molecular flexibility index (Phi) is 6.01. The van der Waals surface area contributed by atoms with Gasteiger partial charge in [-0.2, -0.15) is 0 Å². The van der Waals surface area contributed by atoms with E-state index in [1.807, 2.05) is 18.2 Å². The summed E-state index contributed by atoms with van der Waals surface area (Å²) in [7, 11) is 0. The lowest BCUT2D eigenvalue weighted by Gasteiger charge is -2.02. The normalized spacial score (nSPS) is 10.8. The molecule has 0 radical (unpaired) electrons. The first-order valence-corrected chi connectivity index (χ1v) is 7.52. The molecule has 0 atom stereocenters. The molecule has 0 spiro atoms. The summed E-state index contributed by atoms with van der Waals surface area (Å²) in [4.78, 5) is 4.54. The van der Waals surface area contributed by atoms with E-state index in [0.717, 1.165) is 30.2 Å². The first-order valence-electron chi connectivity index (χ1n) is 6.64. The fourth-order valence-electron chi connectivity index (χ4n) is 1.72. The molecule has 102 valence electrons. The van der Waals surface area contributed by atoms with Crippen LogP contribution in [0.1, 0.15) is 29.6 Å². The van der Waals surface area contributed by atoms with Crippen molar-refractivity contribution in [2.75, 3.05) is 6.54 Å². The van der Waals surface area contributed by atoms with Gasteiger partial charge >= 0.3 is 0 Å². The highest BCUT2D eigenvalue weighted by Crippen LogP contribution is 2.11. The third-order valence-electron chi connectivity index (χ3n) is 2.66. The Hall–Kier alpha value is -1.23. The minimum absolute atomic E-state index is 0.583. The van der Waals surface area contributed by atoms with Crippen molar-refractivity contribution in [2.24, 2.45) is 0 Å². The highest BCUT2D eigenvalue weighted by atomic mass is 32.1. The molecule has 0 unspecified atom stereocenters. The summed E-state index contributed by atoms with van der Waals surface area (Å²) in [5.74, 6) is 0. The number of nitrogens with one attached hydrogen (secondary N) is 1. The predicted octanol–water partition coefficient (Wildman–Crippen LogP) is 3.36. The van der Waals surface area contributed by atoms with Crippen LogP contribution in [0.3, 0.4) is 0 Å². The highest BCUT2D eigenvalue weighted by Gasteiger charge is 2.02. The molecule has 4 heteroatoms. The Morgan fingerprint density at radius 1 is 1.21 bits per heavy atom. The molecule has 1 N–H and O–H groups in total. The van der Waals surface area contributed by atoms with E-state index in [9.17, 15) is 0 Å². The Morgan fingerprint density at radius 3 is 2.84 bits per heavy atom. The van der Waals surface area contributed by atoms with Gasteiger partial charge in [0.15, 0.2) is 0 Å². The van der Waals surface area contributed by atoms with Gasteiger partial charge in [-0.15, -0.1) is 11.3 Å². The average Bonchev–Trinajstić information content (AvgIpc) is 2.88. The van der Waals surface area contributed by atoms with Crippen LogP contribution in [0.15, 0.2) is 35.7 Å². The molecule has 0 saturated heterocycles. The van der Waals surface area contributed by atoms with Crippen LogP contribution in [0, 0.1) is 0 Å².